The number of amides is 1. The van der Waals surface area contributed by atoms with Gasteiger partial charge in [0.1, 0.15) is 12.4 Å². The van der Waals surface area contributed by atoms with Crippen LogP contribution in [0.25, 0.3) is 0 Å². The molecule has 0 aliphatic heterocycles. The number of carbonyl (C=O) groups excluding carboxylic acids is 1. The van der Waals surface area contributed by atoms with Crippen LogP contribution in [0.5, 0.6) is 5.75 Å². The number of carbonyl (C=O) groups is 1. The van der Waals surface area contributed by atoms with Crippen molar-refractivity contribution in [3.8, 4) is 5.75 Å². The number of ether oxygens (including phenoxy) is 1. The highest BCUT2D eigenvalue weighted by Gasteiger charge is 2.23. The van der Waals surface area contributed by atoms with Crippen molar-refractivity contribution in [1.29, 1.82) is 0 Å². The smallest absolute Gasteiger partial charge is 0.237 e. The molecule has 0 fully saturated rings. The summed E-state index contributed by atoms with van der Waals surface area (Å²) in [7, 11) is 0. The molecule has 0 bridgehead atoms. The summed E-state index contributed by atoms with van der Waals surface area (Å²) in [4.78, 5) is 12.8. The number of unbranched alkanes of at least 4 members (excludes halogenated alkanes) is 4. The maximum Gasteiger partial charge on any atom is 0.237 e. The molecule has 0 unspecified atom stereocenters. The average molecular weight is 434 g/mol. The molecule has 0 saturated heterocycles. The van der Waals surface area contributed by atoms with E-state index in [0.29, 0.717) is 13.0 Å². The molecule has 0 aliphatic rings. The number of benzene rings is 1. The van der Waals surface area contributed by atoms with Crippen LogP contribution in [0.3, 0.4) is 0 Å². The van der Waals surface area contributed by atoms with Gasteiger partial charge in [-0.05, 0) is 72.1 Å². The molecule has 3 N–H and O–H groups in total. The van der Waals surface area contributed by atoms with E-state index >= 15 is 0 Å². The predicted molar refractivity (Wildman–Crippen MR) is 132 cm³/mol. The molecule has 0 aliphatic carbocycles. The summed E-state index contributed by atoms with van der Waals surface area (Å²) in [6.45, 7) is 17.1. The van der Waals surface area contributed by atoms with Crippen LogP contribution in [0, 0.1) is 0 Å². The first kappa shape index (κ1) is 27.4. The summed E-state index contributed by atoms with van der Waals surface area (Å²) in [5.41, 5.74) is 1.09. The largest absolute Gasteiger partial charge is 0.492 e. The highest BCUT2D eigenvalue weighted by atomic mass is 16.5. The molecule has 1 aromatic carbocycles. The Labute approximate surface area is 191 Å². The maximum atomic E-state index is 12.8. The van der Waals surface area contributed by atoms with Crippen molar-refractivity contribution in [3.05, 3.63) is 29.8 Å². The van der Waals surface area contributed by atoms with Gasteiger partial charge >= 0.3 is 0 Å². The summed E-state index contributed by atoms with van der Waals surface area (Å²) in [6, 6.07) is 7.85. The molecule has 5 heteroatoms. The molecule has 0 heterocycles. The Bertz CT molecular complexity index is 615. The molecule has 178 valence electrons. The molecule has 0 saturated carbocycles. The lowest BCUT2D eigenvalue weighted by Crippen LogP contribution is -2.52. The van der Waals surface area contributed by atoms with Crippen molar-refractivity contribution in [2.24, 2.45) is 0 Å². The maximum absolute atomic E-state index is 12.8. The Morgan fingerprint density at radius 2 is 1.55 bits per heavy atom. The minimum atomic E-state index is -0.251. The van der Waals surface area contributed by atoms with Crippen LogP contribution in [0.2, 0.25) is 0 Å². The molecule has 31 heavy (non-hydrogen) atoms. The summed E-state index contributed by atoms with van der Waals surface area (Å²) in [5.74, 6) is 0.940. The van der Waals surface area contributed by atoms with Gasteiger partial charge in [-0.15, -0.1) is 0 Å². The van der Waals surface area contributed by atoms with Crippen LogP contribution in [-0.4, -0.2) is 42.7 Å². The molecule has 5 nitrogen and oxygen atoms in total. The topological polar surface area (TPSA) is 62.4 Å². The zero-order valence-electron chi connectivity index (χ0n) is 21.1. The quantitative estimate of drug-likeness (QED) is 0.367. The lowest BCUT2D eigenvalue weighted by molar-refractivity contribution is -0.123. The van der Waals surface area contributed by atoms with Crippen LogP contribution in [0.4, 0.5) is 0 Å². The Morgan fingerprint density at radius 1 is 0.903 bits per heavy atom. The van der Waals surface area contributed by atoms with E-state index < -0.39 is 0 Å². The van der Waals surface area contributed by atoms with Gasteiger partial charge in [-0.25, -0.2) is 0 Å². The summed E-state index contributed by atoms with van der Waals surface area (Å²) in [5, 5.41) is 10.0. The number of hydrogen-bond donors (Lipinski definition) is 3. The highest BCUT2D eigenvalue weighted by Crippen LogP contribution is 2.15. The standard InChI is InChI=1S/C26H47N3O2/c1-8-9-10-11-12-17-27-24(30)23(29-26(5,6)7)20-21-13-15-22(16-14-21)31-19-18-28-25(2,3)4/h13-16,23,28-29H,8-12,17-20H2,1-7H3,(H,27,30)/t23-/m0/s1. The van der Waals surface area contributed by atoms with E-state index in [0.717, 1.165) is 30.8 Å². The van der Waals surface area contributed by atoms with Crippen molar-refractivity contribution < 1.29 is 9.53 Å². The zero-order valence-corrected chi connectivity index (χ0v) is 21.1. The Morgan fingerprint density at radius 3 is 2.13 bits per heavy atom. The van der Waals surface area contributed by atoms with Crippen LogP contribution in [0.1, 0.15) is 86.1 Å². The van der Waals surface area contributed by atoms with E-state index in [1.54, 1.807) is 0 Å². The fourth-order valence-electron chi connectivity index (χ4n) is 3.35. The van der Waals surface area contributed by atoms with Gasteiger partial charge in [0, 0.05) is 24.2 Å². The van der Waals surface area contributed by atoms with Crippen molar-refractivity contribution in [1.82, 2.24) is 16.0 Å². The van der Waals surface area contributed by atoms with Crippen LogP contribution in [-0.2, 0) is 11.2 Å². The molecule has 1 aromatic rings. The first-order valence-electron chi connectivity index (χ1n) is 12.0. The van der Waals surface area contributed by atoms with Gasteiger partial charge in [-0.1, -0.05) is 44.7 Å². The van der Waals surface area contributed by atoms with E-state index in [1.165, 1.54) is 25.7 Å². The first-order chi connectivity index (χ1) is 14.5. The Hall–Kier alpha value is -1.59. The van der Waals surface area contributed by atoms with E-state index in [1.807, 2.05) is 12.1 Å². The third-order valence-electron chi connectivity index (χ3n) is 4.89. The fraction of sp³-hybridized carbons (Fsp3) is 0.731. The monoisotopic (exact) mass is 433 g/mol. The third-order valence-corrected chi connectivity index (χ3v) is 4.89. The minimum Gasteiger partial charge on any atom is -0.492 e. The minimum absolute atomic E-state index is 0.0824. The van der Waals surface area contributed by atoms with Crippen LogP contribution in [0.15, 0.2) is 24.3 Å². The van der Waals surface area contributed by atoms with Gasteiger partial charge in [-0.2, -0.15) is 0 Å². The summed E-state index contributed by atoms with van der Waals surface area (Å²) in [6.07, 6.45) is 6.64. The summed E-state index contributed by atoms with van der Waals surface area (Å²) >= 11 is 0. The molecule has 1 atom stereocenters. The van der Waals surface area contributed by atoms with Gasteiger partial charge < -0.3 is 20.7 Å². The second-order valence-corrected chi connectivity index (χ2v) is 10.5. The number of hydrogen-bond acceptors (Lipinski definition) is 4. The van der Waals surface area contributed by atoms with Gasteiger partial charge in [0.2, 0.25) is 5.91 Å². The van der Waals surface area contributed by atoms with Crippen molar-refractivity contribution in [2.75, 3.05) is 19.7 Å². The highest BCUT2D eigenvalue weighted by molar-refractivity contribution is 5.82. The lowest BCUT2D eigenvalue weighted by Gasteiger charge is -2.28. The second kappa shape index (κ2) is 13.7. The lowest BCUT2D eigenvalue weighted by atomic mass is 10.0. The van der Waals surface area contributed by atoms with E-state index in [9.17, 15) is 4.79 Å². The Kier molecular flexibility index (Phi) is 12.2. The van der Waals surface area contributed by atoms with Crippen molar-refractivity contribution in [2.45, 2.75) is 104 Å². The molecule has 0 radical (unpaired) electrons. The predicted octanol–water partition coefficient (Wildman–Crippen LogP) is 4.84. The van der Waals surface area contributed by atoms with Gasteiger partial charge in [0.25, 0.3) is 0 Å². The molecule has 1 rings (SSSR count). The van der Waals surface area contributed by atoms with Crippen molar-refractivity contribution >= 4 is 5.91 Å². The molecule has 0 spiro atoms. The Balaban J connectivity index is 2.55. The molecule has 0 aromatic heterocycles. The average Bonchev–Trinajstić information content (AvgIpc) is 2.66. The van der Waals surface area contributed by atoms with Gasteiger partial charge in [0.15, 0.2) is 0 Å². The number of rotatable bonds is 14. The molecular weight excluding hydrogens is 386 g/mol. The zero-order chi connectivity index (χ0) is 23.3. The van der Waals surface area contributed by atoms with Crippen LogP contribution >= 0.6 is 0 Å². The SMILES string of the molecule is CCCCCCCNC(=O)[C@H](Cc1ccc(OCCNC(C)(C)C)cc1)NC(C)(C)C. The third kappa shape index (κ3) is 14.2. The second-order valence-electron chi connectivity index (χ2n) is 10.5. The van der Waals surface area contributed by atoms with Gasteiger partial charge in [0.05, 0.1) is 6.04 Å². The van der Waals surface area contributed by atoms with E-state index in [2.05, 4.69) is 76.5 Å². The normalized spacial score (nSPS) is 13.1. The van der Waals surface area contributed by atoms with Crippen molar-refractivity contribution in [3.63, 3.8) is 0 Å². The van der Waals surface area contributed by atoms with E-state index in [4.69, 9.17) is 4.74 Å². The first-order valence-corrected chi connectivity index (χ1v) is 12.0. The molecular formula is C26H47N3O2. The van der Waals surface area contributed by atoms with Gasteiger partial charge in [-0.3, -0.25) is 4.79 Å². The number of nitrogens with one attached hydrogen (secondary N) is 3. The fourth-order valence-corrected chi connectivity index (χ4v) is 3.35. The van der Waals surface area contributed by atoms with E-state index in [-0.39, 0.29) is 23.0 Å². The van der Waals surface area contributed by atoms with Crippen LogP contribution < -0.4 is 20.7 Å². The molecule has 1 amide bonds. The summed E-state index contributed by atoms with van der Waals surface area (Å²) < 4.78 is 5.83.